The van der Waals surface area contributed by atoms with Crippen LogP contribution in [0.15, 0.2) is 29.3 Å². The smallest absolute Gasteiger partial charge is 0.253 e. The second-order valence-electron chi connectivity index (χ2n) is 3.10. The Hall–Kier alpha value is -1.20. The highest BCUT2D eigenvalue weighted by Gasteiger charge is 2.10. The second kappa shape index (κ2) is 3.43. The van der Waals surface area contributed by atoms with E-state index in [1.807, 2.05) is 6.92 Å². The summed E-state index contributed by atoms with van der Waals surface area (Å²) in [5, 5.41) is 0. The molecule has 1 aromatic heterocycles. The minimum atomic E-state index is -3.70. The first-order chi connectivity index (χ1) is 6.97. The summed E-state index contributed by atoms with van der Waals surface area (Å²) < 4.78 is 22.1. The Labute approximate surface area is 91.3 Å². The Morgan fingerprint density at radius 1 is 1.27 bits per heavy atom. The Kier molecular flexibility index (Phi) is 2.36. The predicted octanol–water partition coefficient (Wildman–Crippen LogP) is 1.87. The highest BCUT2D eigenvalue weighted by Crippen LogP contribution is 2.19. The minimum absolute atomic E-state index is 0.0369. The molecule has 0 saturated heterocycles. The first kappa shape index (κ1) is 10.3. The maximum absolute atomic E-state index is 11.1. The normalized spacial score (nSPS) is 11.9. The lowest BCUT2D eigenvalue weighted by Gasteiger charge is -1.99. The topological polar surface area (TPSA) is 59.9 Å². The van der Waals surface area contributed by atoms with Crippen molar-refractivity contribution in [2.75, 3.05) is 0 Å². The first-order valence-corrected chi connectivity index (χ1v) is 6.46. The number of nitrogens with zero attached hydrogens (tertiary/aromatic N) is 2. The predicted molar refractivity (Wildman–Crippen MR) is 57.3 cm³/mol. The highest BCUT2D eigenvalue weighted by molar-refractivity contribution is 8.13. The van der Waals surface area contributed by atoms with Gasteiger partial charge in [-0.15, -0.1) is 0 Å². The molecule has 0 bridgehead atoms. The molecule has 0 amide bonds. The van der Waals surface area contributed by atoms with Gasteiger partial charge in [0.05, 0.1) is 21.6 Å². The molecular weight excluding hydrogens is 236 g/mol. The summed E-state index contributed by atoms with van der Waals surface area (Å²) >= 11 is 0. The molecule has 2 aromatic rings. The molecule has 0 aliphatic heterocycles. The van der Waals surface area contributed by atoms with Crippen molar-refractivity contribution < 1.29 is 8.42 Å². The fraction of sp³-hybridized carbons (Fsp3) is 0.111. The highest BCUT2D eigenvalue weighted by atomic mass is 35.7. The summed E-state index contributed by atoms with van der Waals surface area (Å²) in [5.74, 6) is 0. The lowest BCUT2D eigenvalue weighted by Crippen LogP contribution is -1.93. The summed E-state index contributed by atoms with van der Waals surface area (Å²) in [6.45, 7) is 1.82. The number of benzene rings is 1. The summed E-state index contributed by atoms with van der Waals surface area (Å²) in [7, 11) is 1.51. The van der Waals surface area contributed by atoms with Crippen molar-refractivity contribution in [2.45, 2.75) is 11.8 Å². The van der Waals surface area contributed by atoms with Gasteiger partial charge in [0.1, 0.15) is 0 Å². The van der Waals surface area contributed by atoms with Crippen molar-refractivity contribution in [3.8, 4) is 0 Å². The fourth-order valence-corrected chi connectivity index (χ4v) is 2.01. The Morgan fingerprint density at radius 2 is 2.00 bits per heavy atom. The third kappa shape index (κ3) is 2.08. The summed E-state index contributed by atoms with van der Waals surface area (Å²) in [5.41, 5.74) is 1.95. The third-order valence-electron chi connectivity index (χ3n) is 1.92. The molecule has 0 spiro atoms. The van der Waals surface area contributed by atoms with E-state index >= 15 is 0 Å². The van der Waals surface area contributed by atoms with Crippen LogP contribution in [0, 0.1) is 6.92 Å². The molecule has 0 fully saturated rings. The van der Waals surface area contributed by atoms with Crippen LogP contribution < -0.4 is 0 Å². The third-order valence-corrected chi connectivity index (χ3v) is 3.27. The molecule has 0 atom stereocenters. The van der Waals surface area contributed by atoms with Crippen LogP contribution in [0.1, 0.15) is 5.69 Å². The lowest BCUT2D eigenvalue weighted by atomic mass is 10.3. The Bertz CT molecular complexity index is 625. The number of rotatable bonds is 1. The Morgan fingerprint density at radius 3 is 2.67 bits per heavy atom. The van der Waals surface area contributed by atoms with E-state index in [1.54, 1.807) is 12.3 Å². The first-order valence-electron chi connectivity index (χ1n) is 4.15. The van der Waals surface area contributed by atoms with E-state index in [-0.39, 0.29) is 4.90 Å². The van der Waals surface area contributed by atoms with Crippen LogP contribution in [-0.2, 0) is 9.05 Å². The van der Waals surface area contributed by atoms with Gasteiger partial charge < -0.3 is 0 Å². The Balaban J connectivity index is 2.73. The van der Waals surface area contributed by atoms with Gasteiger partial charge in [-0.2, -0.15) is 0 Å². The van der Waals surface area contributed by atoms with Crippen LogP contribution in [0.4, 0.5) is 0 Å². The molecule has 2 rings (SSSR count). The molecule has 1 heterocycles. The summed E-state index contributed by atoms with van der Waals surface area (Å²) in [6.07, 6.45) is 1.58. The zero-order valence-electron chi connectivity index (χ0n) is 7.81. The van der Waals surface area contributed by atoms with Gasteiger partial charge in [0.2, 0.25) is 0 Å². The fourth-order valence-electron chi connectivity index (χ4n) is 1.23. The van der Waals surface area contributed by atoms with Crippen molar-refractivity contribution in [1.82, 2.24) is 9.97 Å². The van der Waals surface area contributed by atoms with Crippen LogP contribution in [0.2, 0.25) is 0 Å². The number of hydrogen-bond acceptors (Lipinski definition) is 4. The van der Waals surface area contributed by atoms with Crippen molar-refractivity contribution in [3.63, 3.8) is 0 Å². The van der Waals surface area contributed by atoms with Gasteiger partial charge in [-0.3, -0.25) is 4.98 Å². The largest absolute Gasteiger partial charge is 0.261 e. The van der Waals surface area contributed by atoms with Gasteiger partial charge >= 0.3 is 0 Å². The van der Waals surface area contributed by atoms with E-state index in [1.165, 1.54) is 12.1 Å². The van der Waals surface area contributed by atoms with Crippen molar-refractivity contribution in [3.05, 3.63) is 30.1 Å². The number of aryl methyl sites for hydroxylation is 1. The van der Waals surface area contributed by atoms with E-state index in [4.69, 9.17) is 10.7 Å². The molecule has 0 N–H and O–H groups in total. The zero-order chi connectivity index (χ0) is 11.1. The van der Waals surface area contributed by atoms with Gasteiger partial charge in [-0.25, -0.2) is 13.4 Å². The van der Waals surface area contributed by atoms with Crippen LogP contribution >= 0.6 is 10.7 Å². The molecule has 4 nitrogen and oxygen atoms in total. The minimum Gasteiger partial charge on any atom is -0.253 e. The average molecular weight is 243 g/mol. The molecule has 0 unspecified atom stereocenters. The molecule has 6 heteroatoms. The van der Waals surface area contributed by atoms with Crippen LogP contribution in [0.5, 0.6) is 0 Å². The quantitative estimate of drug-likeness (QED) is 0.717. The lowest BCUT2D eigenvalue weighted by molar-refractivity contribution is 0.609. The second-order valence-corrected chi connectivity index (χ2v) is 5.67. The van der Waals surface area contributed by atoms with Gasteiger partial charge in [0.15, 0.2) is 0 Å². The van der Waals surface area contributed by atoms with Gasteiger partial charge in [-0.1, -0.05) is 0 Å². The number of halogens is 1. The molecule has 0 saturated carbocycles. The van der Waals surface area contributed by atoms with Gasteiger partial charge in [-0.05, 0) is 25.1 Å². The average Bonchev–Trinajstić information content (AvgIpc) is 2.15. The van der Waals surface area contributed by atoms with Crippen molar-refractivity contribution in [2.24, 2.45) is 0 Å². The maximum Gasteiger partial charge on any atom is 0.261 e. The zero-order valence-corrected chi connectivity index (χ0v) is 9.38. The molecule has 15 heavy (non-hydrogen) atoms. The van der Waals surface area contributed by atoms with Crippen LogP contribution in [-0.4, -0.2) is 18.4 Å². The molecule has 0 radical (unpaired) electrons. The molecule has 0 aliphatic carbocycles. The SMILES string of the molecule is Cc1cnc2cc(S(=O)(=O)Cl)ccc2n1. The molecular formula is C9H7ClN2O2S. The summed E-state index contributed by atoms with van der Waals surface area (Å²) in [6, 6.07) is 4.41. The number of hydrogen-bond donors (Lipinski definition) is 0. The number of aromatic nitrogens is 2. The van der Waals surface area contributed by atoms with E-state index in [0.717, 1.165) is 5.69 Å². The summed E-state index contributed by atoms with van der Waals surface area (Å²) in [4.78, 5) is 8.30. The van der Waals surface area contributed by atoms with Crippen LogP contribution in [0.3, 0.4) is 0 Å². The van der Waals surface area contributed by atoms with E-state index in [0.29, 0.717) is 11.0 Å². The van der Waals surface area contributed by atoms with Crippen molar-refractivity contribution in [1.29, 1.82) is 0 Å². The molecule has 1 aromatic carbocycles. The van der Waals surface area contributed by atoms with Crippen LogP contribution in [0.25, 0.3) is 11.0 Å². The van der Waals surface area contributed by atoms with Gasteiger partial charge in [0, 0.05) is 16.9 Å². The maximum atomic E-state index is 11.1. The number of fused-ring (bicyclic) bond motifs is 1. The monoisotopic (exact) mass is 242 g/mol. The van der Waals surface area contributed by atoms with Crippen molar-refractivity contribution >= 4 is 30.8 Å². The van der Waals surface area contributed by atoms with E-state index in [9.17, 15) is 8.42 Å². The van der Waals surface area contributed by atoms with Gasteiger partial charge in [0.25, 0.3) is 9.05 Å². The van der Waals surface area contributed by atoms with E-state index in [2.05, 4.69) is 9.97 Å². The standard InChI is InChI=1S/C9H7ClN2O2S/c1-6-5-11-9-4-7(15(10,13)14)2-3-8(9)12-6/h2-5H,1H3. The molecule has 0 aliphatic rings. The molecule has 78 valence electrons. The van der Waals surface area contributed by atoms with E-state index < -0.39 is 9.05 Å².